The molecule has 0 aliphatic rings. The number of rotatable bonds is 6. The van der Waals surface area contributed by atoms with Crippen LogP contribution >= 0.6 is 0 Å². The van der Waals surface area contributed by atoms with Crippen molar-refractivity contribution in [2.24, 2.45) is 0 Å². The lowest BCUT2D eigenvalue weighted by molar-refractivity contribution is -0.142. The van der Waals surface area contributed by atoms with Crippen LogP contribution in [0, 0.1) is 6.92 Å². The molecule has 19 heavy (non-hydrogen) atoms. The van der Waals surface area contributed by atoms with E-state index in [0.29, 0.717) is 13.2 Å². The molecule has 1 heterocycles. The van der Waals surface area contributed by atoms with Gasteiger partial charge in [0.15, 0.2) is 0 Å². The Morgan fingerprint density at radius 3 is 3.00 bits per heavy atom. The van der Waals surface area contributed by atoms with Crippen LogP contribution in [-0.2, 0) is 9.53 Å². The molecule has 0 spiro atoms. The van der Waals surface area contributed by atoms with Crippen molar-refractivity contribution in [2.45, 2.75) is 6.92 Å². The van der Waals surface area contributed by atoms with Crippen LogP contribution < -0.4 is 5.32 Å². The van der Waals surface area contributed by atoms with E-state index in [1.807, 2.05) is 31.2 Å². The summed E-state index contributed by atoms with van der Waals surface area (Å²) in [6, 6.07) is 9.99. The summed E-state index contributed by atoms with van der Waals surface area (Å²) >= 11 is 0. The Morgan fingerprint density at radius 1 is 1.42 bits per heavy atom. The summed E-state index contributed by atoms with van der Waals surface area (Å²) in [4.78, 5) is 14.8. The lowest BCUT2D eigenvalue weighted by Gasteiger charge is -2.10. The van der Waals surface area contributed by atoms with Gasteiger partial charge in [-0.05, 0) is 24.6 Å². The normalized spacial score (nSPS) is 10.6. The monoisotopic (exact) mass is 260 g/mol. The van der Waals surface area contributed by atoms with Crippen molar-refractivity contribution in [3.05, 3.63) is 35.9 Å². The van der Waals surface area contributed by atoms with E-state index < -0.39 is 5.97 Å². The standard InChI is InChI=1S/C14H16N2O3/c1-10-8-11-4-2-3-5-12(11)16-14(10)15-6-7-19-9-13(17)18/h2-5,8H,6-7,9H2,1H3,(H,15,16)(H,17,18). The lowest BCUT2D eigenvalue weighted by atomic mass is 10.1. The smallest absolute Gasteiger partial charge is 0.329 e. The third-order valence-electron chi connectivity index (χ3n) is 2.68. The summed E-state index contributed by atoms with van der Waals surface area (Å²) in [5.41, 5.74) is 1.99. The number of ether oxygens (including phenoxy) is 1. The van der Waals surface area contributed by atoms with Crippen LogP contribution in [0.15, 0.2) is 30.3 Å². The second-order valence-corrected chi connectivity index (χ2v) is 4.22. The zero-order chi connectivity index (χ0) is 13.7. The van der Waals surface area contributed by atoms with Crippen molar-refractivity contribution in [3.63, 3.8) is 0 Å². The molecule has 0 aliphatic heterocycles. The largest absolute Gasteiger partial charge is 0.480 e. The fraction of sp³-hybridized carbons (Fsp3) is 0.286. The molecule has 0 bridgehead atoms. The van der Waals surface area contributed by atoms with Crippen LogP contribution in [0.5, 0.6) is 0 Å². The Kier molecular flexibility index (Phi) is 4.30. The highest BCUT2D eigenvalue weighted by Crippen LogP contribution is 2.19. The van der Waals surface area contributed by atoms with E-state index >= 15 is 0 Å². The molecule has 0 unspecified atom stereocenters. The number of aromatic nitrogens is 1. The molecule has 0 amide bonds. The van der Waals surface area contributed by atoms with Crippen LogP contribution in [-0.4, -0.2) is 35.8 Å². The highest BCUT2D eigenvalue weighted by molar-refractivity contribution is 5.81. The second-order valence-electron chi connectivity index (χ2n) is 4.22. The lowest BCUT2D eigenvalue weighted by Crippen LogP contribution is -2.15. The molecule has 0 fully saturated rings. The van der Waals surface area contributed by atoms with Gasteiger partial charge in [-0.25, -0.2) is 9.78 Å². The Bertz CT molecular complexity index is 584. The molecule has 1 aromatic heterocycles. The molecular weight excluding hydrogens is 244 g/mol. The maximum absolute atomic E-state index is 10.3. The van der Waals surface area contributed by atoms with Gasteiger partial charge in [-0.3, -0.25) is 0 Å². The SMILES string of the molecule is Cc1cc2ccccc2nc1NCCOCC(=O)O. The van der Waals surface area contributed by atoms with Crippen LogP contribution in [0.2, 0.25) is 0 Å². The van der Waals surface area contributed by atoms with Gasteiger partial charge in [-0.1, -0.05) is 18.2 Å². The van der Waals surface area contributed by atoms with Crippen molar-refractivity contribution in [1.82, 2.24) is 4.98 Å². The molecule has 1 aromatic carbocycles. The Hall–Kier alpha value is -2.14. The topological polar surface area (TPSA) is 71.5 Å². The molecule has 0 radical (unpaired) electrons. The highest BCUT2D eigenvalue weighted by atomic mass is 16.5. The summed E-state index contributed by atoms with van der Waals surface area (Å²) in [7, 11) is 0. The van der Waals surface area contributed by atoms with Crippen molar-refractivity contribution >= 4 is 22.7 Å². The van der Waals surface area contributed by atoms with Crippen molar-refractivity contribution in [3.8, 4) is 0 Å². The second kappa shape index (κ2) is 6.15. The van der Waals surface area contributed by atoms with E-state index in [-0.39, 0.29) is 6.61 Å². The van der Waals surface area contributed by atoms with E-state index in [2.05, 4.69) is 16.4 Å². The highest BCUT2D eigenvalue weighted by Gasteiger charge is 2.02. The van der Waals surface area contributed by atoms with E-state index in [9.17, 15) is 4.79 Å². The Labute approximate surface area is 111 Å². The third-order valence-corrected chi connectivity index (χ3v) is 2.68. The van der Waals surface area contributed by atoms with Crippen molar-refractivity contribution in [1.29, 1.82) is 0 Å². The number of para-hydroxylation sites is 1. The molecule has 2 aromatic rings. The number of carbonyl (C=O) groups is 1. The number of nitrogens with zero attached hydrogens (tertiary/aromatic N) is 1. The van der Waals surface area contributed by atoms with Crippen LogP contribution in [0.3, 0.4) is 0 Å². The average Bonchev–Trinajstić information content (AvgIpc) is 2.38. The molecule has 0 saturated heterocycles. The number of aryl methyl sites for hydroxylation is 1. The first-order valence-corrected chi connectivity index (χ1v) is 6.06. The van der Waals surface area contributed by atoms with Crippen LogP contribution in [0.1, 0.15) is 5.56 Å². The number of fused-ring (bicyclic) bond motifs is 1. The van der Waals surface area contributed by atoms with Crippen molar-refractivity contribution in [2.75, 3.05) is 25.1 Å². The Balaban J connectivity index is 1.96. The molecule has 5 heteroatoms. The summed E-state index contributed by atoms with van der Waals surface area (Å²) in [6.07, 6.45) is 0. The number of nitrogens with one attached hydrogen (secondary N) is 1. The molecule has 0 aliphatic carbocycles. The predicted molar refractivity (Wildman–Crippen MR) is 73.4 cm³/mol. The quantitative estimate of drug-likeness (QED) is 0.778. The minimum Gasteiger partial charge on any atom is -0.480 e. The number of anilines is 1. The van der Waals surface area contributed by atoms with E-state index in [1.54, 1.807) is 0 Å². The molecular formula is C14H16N2O3. The number of aliphatic carboxylic acids is 1. The maximum atomic E-state index is 10.3. The van der Waals surface area contributed by atoms with E-state index in [0.717, 1.165) is 22.3 Å². The minimum atomic E-state index is -0.958. The molecule has 0 saturated carbocycles. The molecule has 100 valence electrons. The predicted octanol–water partition coefficient (Wildman–Crippen LogP) is 2.06. The zero-order valence-electron chi connectivity index (χ0n) is 10.7. The summed E-state index contributed by atoms with van der Waals surface area (Å²) in [6.45, 7) is 2.57. The number of benzene rings is 1. The summed E-state index contributed by atoms with van der Waals surface area (Å²) in [5, 5.41) is 12.7. The van der Waals surface area contributed by atoms with Gasteiger partial charge in [0.1, 0.15) is 12.4 Å². The molecule has 2 N–H and O–H groups in total. The summed E-state index contributed by atoms with van der Waals surface area (Å²) < 4.78 is 4.95. The fourth-order valence-electron chi connectivity index (χ4n) is 1.80. The van der Waals surface area contributed by atoms with Gasteiger partial charge in [0.2, 0.25) is 0 Å². The van der Waals surface area contributed by atoms with Gasteiger partial charge in [0.25, 0.3) is 0 Å². The van der Waals surface area contributed by atoms with Gasteiger partial charge in [0.05, 0.1) is 12.1 Å². The van der Waals surface area contributed by atoms with Gasteiger partial charge < -0.3 is 15.2 Å². The number of hydrogen-bond donors (Lipinski definition) is 2. The van der Waals surface area contributed by atoms with Gasteiger partial charge >= 0.3 is 5.97 Å². The summed E-state index contributed by atoms with van der Waals surface area (Å²) in [5.74, 6) is -0.155. The molecule has 5 nitrogen and oxygen atoms in total. The third kappa shape index (κ3) is 3.66. The number of pyridine rings is 1. The molecule has 2 rings (SSSR count). The van der Waals surface area contributed by atoms with Crippen LogP contribution in [0.25, 0.3) is 10.9 Å². The van der Waals surface area contributed by atoms with E-state index in [1.165, 1.54) is 0 Å². The first kappa shape index (κ1) is 13.3. The first-order valence-electron chi connectivity index (χ1n) is 6.06. The van der Waals surface area contributed by atoms with E-state index in [4.69, 9.17) is 9.84 Å². The number of carboxylic acid groups (broad SMARTS) is 1. The fourth-order valence-corrected chi connectivity index (χ4v) is 1.80. The van der Waals surface area contributed by atoms with Gasteiger partial charge in [-0.15, -0.1) is 0 Å². The van der Waals surface area contributed by atoms with Crippen LogP contribution in [0.4, 0.5) is 5.82 Å². The van der Waals surface area contributed by atoms with Crippen molar-refractivity contribution < 1.29 is 14.6 Å². The first-order chi connectivity index (χ1) is 9.16. The zero-order valence-corrected chi connectivity index (χ0v) is 10.7. The van der Waals surface area contributed by atoms with Gasteiger partial charge in [0, 0.05) is 11.9 Å². The molecule has 0 atom stereocenters. The maximum Gasteiger partial charge on any atom is 0.329 e. The van der Waals surface area contributed by atoms with Gasteiger partial charge in [-0.2, -0.15) is 0 Å². The average molecular weight is 260 g/mol. The Morgan fingerprint density at radius 2 is 2.21 bits per heavy atom. The minimum absolute atomic E-state index is 0.272. The number of carboxylic acids is 1. The number of hydrogen-bond acceptors (Lipinski definition) is 4.